The van der Waals surface area contributed by atoms with Gasteiger partial charge in [-0.2, -0.15) is 10.5 Å². The Labute approximate surface area is 380 Å². The van der Waals surface area contributed by atoms with Crippen molar-refractivity contribution in [3.05, 3.63) is 119 Å². The molecule has 0 aromatic heterocycles. The second kappa shape index (κ2) is 26.6. The van der Waals surface area contributed by atoms with Crippen molar-refractivity contribution >= 4 is 35.2 Å². The molecule has 0 saturated heterocycles. The smallest absolute Gasteiger partial charge is 0.335 e. The highest BCUT2D eigenvalue weighted by molar-refractivity contribution is 5.91. The van der Waals surface area contributed by atoms with Gasteiger partial charge in [-0.15, -0.1) is 0 Å². The van der Waals surface area contributed by atoms with Gasteiger partial charge in [0.15, 0.2) is 46.0 Å². The maximum atomic E-state index is 11.5. The molecule has 1 atom stereocenters. The highest BCUT2D eigenvalue weighted by Gasteiger charge is 2.14. The van der Waals surface area contributed by atoms with Crippen LogP contribution in [0.3, 0.4) is 0 Å². The van der Waals surface area contributed by atoms with Gasteiger partial charge in [0.2, 0.25) is 6.29 Å². The van der Waals surface area contributed by atoms with E-state index in [1.165, 1.54) is 14.2 Å². The Kier molecular flexibility index (Phi) is 21.0. The van der Waals surface area contributed by atoms with E-state index in [0.29, 0.717) is 79.4 Å². The van der Waals surface area contributed by atoms with Crippen LogP contribution in [0.2, 0.25) is 0 Å². The molecule has 4 aromatic carbocycles. The summed E-state index contributed by atoms with van der Waals surface area (Å²) in [5.41, 5.74) is 4.42. The first kappa shape index (κ1) is 51.5. The fourth-order valence-corrected chi connectivity index (χ4v) is 5.55. The van der Waals surface area contributed by atoms with Gasteiger partial charge in [-0.3, -0.25) is 0 Å². The third-order valence-electron chi connectivity index (χ3n) is 8.86. The molecule has 0 N–H and O–H groups in total. The number of nitrogens with zero attached hydrogens (tertiary/aromatic N) is 2. The van der Waals surface area contributed by atoms with Gasteiger partial charge in [-0.1, -0.05) is 25.3 Å². The second-order valence-electron chi connectivity index (χ2n) is 13.5. The average molecular weight is 891 g/mol. The van der Waals surface area contributed by atoms with E-state index in [-0.39, 0.29) is 26.4 Å². The highest BCUT2D eigenvalue weighted by atomic mass is 16.7. The lowest BCUT2D eigenvalue weighted by molar-refractivity contribution is -0.171. The zero-order chi connectivity index (χ0) is 47.9. The molecule has 15 nitrogen and oxygen atoms in total. The zero-order valence-corrected chi connectivity index (χ0v) is 38.1. The van der Waals surface area contributed by atoms with Crippen LogP contribution in [0.25, 0.3) is 23.3 Å². The monoisotopic (exact) mass is 890 g/mol. The summed E-state index contributed by atoms with van der Waals surface area (Å²) in [6.07, 6.45) is 2.76. The summed E-state index contributed by atoms with van der Waals surface area (Å²) in [5, 5.41) is 19.3. The summed E-state index contributed by atoms with van der Waals surface area (Å²) in [5.74, 6) is 3.27. The Morgan fingerprint density at radius 1 is 0.538 bits per heavy atom. The molecule has 0 aliphatic heterocycles. The van der Waals surface area contributed by atoms with E-state index in [0.717, 1.165) is 11.1 Å². The highest BCUT2D eigenvalue weighted by Crippen LogP contribution is 2.35. The minimum atomic E-state index is -0.719. The van der Waals surface area contributed by atoms with E-state index < -0.39 is 18.2 Å². The molecule has 4 aromatic rings. The van der Waals surface area contributed by atoms with E-state index in [4.69, 9.17) is 52.1 Å². The molecular weight excluding hydrogens is 837 g/mol. The van der Waals surface area contributed by atoms with Gasteiger partial charge in [-0.25, -0.2) is 9.59 Å². The number of ether oxygens (including phenoxy) is 11. The molecule has 0 radical (unpaired) electrons. The first-order chi connectivity index (χ1) is 31.2. The van der Waals surface area contributed by atoms with Crippen LogP contribution in [0.15, 0.2) is 97.1 Å². The summed E-state index contributed by atoms with van der Waals surface area (Å²) in [6.45, 7) is 12.5. The molecule has 0 amide bonds. The van der Waals surface area contributed by atoms with Crippen molar-refractivity contribution in [3.8, 4) is 58.1 Å². The van der Waals surface area contributed by atoms with Gasteiger partial charge in [0, 0.05) is 11.1 Å². The van der Waals surface area contributed by atoms with Gasteiger partial charge >= 0.3 is 11.9 Å². The minimum absolute atomic E-state index is 0.0917. The number of benzene rings is 4. The van der Waals surface area contributed by atoms with E-state index >= 15 is 0 Å². The quantitative estimate of drug-likeness (QED) is 0.0182. The predicted molar refractivity (Wildman–Crippen MR) is 245 cm³/mol. The van der Waals surface area contributed by atoms with Crippen LogP contribution in [0.1, 0.15) is 43.0 Å². The summed E-state index contributed by atoms with van der Waals surface area (Å²) in [7, 11) is 9.25. The zero-order valence-electron chi connectivity index (χ0n) is 38.1. The van der Waals surface area contributed by atoms with Crippen LogP contribution in [0, 0.1) is 22.7 Å². The molecule has 0 bridgehead atoms. The lowest BCUT2D eigenvalue weighted by Gasteiger charge is -2.15. The molecule has 15 heteroatoms. The number of rotatable bonds is 22. The van der Waals surface area contributed by atoms with E-state index in [1.54, 1.807) is 128 Å². The Balaban J connectivity index is 0.000000347. The Bertz CT molecular complexity index is 2440. The second-order valence-corrected chi connectivity index (χ2v) is 13.5. The van der Waals surface area contributed by atoms with E-state index in [2.05, 4.69) is 25.3 Å². The van der Waals surface area contributed by atoms with Crippen molar-refractivity contribution in [1.82, 2.24) is 0 Å². The van der Waals surface area contributed by atoms with Crippen molar-refractivity contribution < 1.29 is 61.7 Å². The molecule has 4 rings (SSSR count). The molecule has 1 unspecified atom stereocenters. The molecule has 0 fully saturated rings. The maximum Gasteiger partial charge on any atom is 0.335 e. The first-order valence-electron chi connectivity index (χ1n) is 19.9. The molecule has 65 heavy (non-hydrogen) atoms. The van der Waals surface area contributed by atoms with Crippen LogP contribution in [-0.4, -0.2) is 87.3 Å². The topological polar surface area (TPSA) is 183 Å². The van der Waals surface area contributed by atoms with Gasteiger partial charge < -0.3 is 52.1 Å². The third kappa shape index (κ3) is 15.8. The van der Waals surface area contributed by atoms with Crippen molar-refractivity contribution in [2.24, 2.45) is 0 Å². The largest absolute Gasteiger partial charge is 0.493 e. The number of esters is 2. The van der Waals surface area contributed by atoms with Gasteiger partial charge in [-0.05, 0) is 116 Å². The fraction of sp³-hybridized carbons (Fsp3) is 0.280. The summed E-state index contributed by atoms with van der Waals surface area (Å²) in [6, 6.07) is 25.6. The van der Waals surface area contributed by atoms with Crippen molar-refractivity contribution in [1.29, 1.82) is 10.5 Å². The van der Waals surface area contributed by atoms with Gasteiger partial charge in [0.1, 0.15) is 19.8 Å². The van der Waals surface area contributed by atoms with Crippen LogP contribution >= 0.6 is 0 Å². The lowest BCUT2D eigenvalue weighted by atomic mass is 10.0. The van der Waals surface area contributed by atoms with E-state index in [1.807, 2.05) is 6.07 Å². The normalized spacial score (nSPS) is 11.2. The Morgan fingerprint density at radius 3 is 1.31 bits per heavy atom. The average Bonchev–Trinajstić information content (AvgIpc) is 3.32. The minimum Gasteiger partial charge on any atom is -0.493 e. The third-order valence-corrected chi connectivity index (χ3v) is 8.86. The van der Waals surface area contributed by atoms with Gasteiger partial charge in [0.25, 0.3) is 0 Å². The van der Waals surface area contributed by atoms with Crippen molar-refractivity contribution in [2.75, 3.05) is 69.1 Å². The van der Waals surface area contributed by atoms with Crippen molar-refractivity contribution in [3.63, 3.8) is 0 Å². The standard InChI is InChI=1S/C26H29NO7.C24H25NO6/c1-17(2)26(28)34-18(3)32-11-12-33-23-9-7-19(14-24(23)30-5)13-21(16-27)20-8-10-22(29-4)25(15-20)31-6;1-16(2)24(26)31-11-10-30-21-8-6-17(13-22(21)28-4)12-19(15-25)18-7-9-20(27-3)23(14-18)29-5/h7-10,13-15,18H,1,11-12H2,2-6H3;6-9,12-14H,1,10-11H2,2-5H3. The number of carbonyl (C=O) groups is 2. The molecular formula is C50H54N2O13. The van der Waals surface area contributed by atoms with Crippen LogP contribution in [-0.2, 0) is 23.8 Å². The number of methoxy groups -OCH3 is 6. The van der Waals surface area contributed by atoms with Crippen LogP contribution < -0.4 is 37.9 Å². The number of hydrogen-bond acceptors (Lipinski definition) is 15. The summed E-state index contributed by atoms with van der Waals surface area (Å²) >= 11 is 0. The van der Waals surface area contributed by atoms with Crippen molar-refractivity contribution in [2.45, 2.75) is 27.1 Å². The van der Waals surface area contributed by atoms with E-state index in [9.17, 15) is 20.1 Å². The number of nitriles is 2. The SMILES string of the molecule is C=C(C)C(=O)OC(C)OCCOc1ccc(C=C(C#N)c2ccc(OC)c(OC)c2)cc1OC.C=C(C)C(=O)OCCOc1ccc(C=C(C#N)c2ccc(OC)c(OC)c2)cc1OC. The summed E-state index contributed by atoms with van der Waals surface area (Å²) < 4.78 is 58.8. The molecule has 0 aliphatic carbocycles. The molecule has 0 aliphatic rings. The fourth-order valence-electron chi connectivity index (χ4n) is 5.55. The van der Waals surface area contributed by atoms with Gasteiger partial charge in [0.05, 0.1) is 72.6 Å². The Morgan fingerprint density at radius 2 is 0.923 bits per heavy atom. The summed E-state index contributed by atoms with van der Waals surface area (Å²) in [4.78, 5) is 22.9. The first-order valence-corrected chi connectivity index (χ1v) is 19.9. The number of hydrogen-bond donors (Lipinski definition) is 0. The lowest BCUT2D eigenvalue weighted by Crippen LogP contribution is -2.21. The molecule has 0 heterocycles. The number of allylic oxidation sites excluding steroid dienone is 2. The molecule has 0 saturated carbocycles. The molecule has 342 valence electrons. The Hall–Kier alpha value is -7.88. The maximum absolute atomic E-state index is 11.5. The predicted octanol–water partition coefficient (Wildman–Crippen LogP) is 8.91. The van der Waals surface area contributed by atoms with Crippen LogP contribution in [0.5, 0.6) is 46.0 Å². The number of carbonyl (C=O) groups excluding carboxylic acids is 2. The van der Waals surface area contributed by atoms with Crippen LogP contribution in [0.4, 0.5) is 0 Å². The molecule has 0 spiro atoms.